The van der Waals surface area contributed by atoms with E-state index in [2.05, 4.69) is 22.4 Å². The van der Waals surface area contributed by atoms with E-state index in [4.69, 9.17) is 27.9 Å². The molecule has 7 heteroatoms. The van der Waals surface area contributed by atoms with E-state index in [-0.39, 0.29) is 12.5 Å². The maximum absolute atomic E-state index is 12.1. The number of carbonyl (C=O) groups excluding carboxylic acids is 1. The number of nitrogens with one attached hydrogen (secondary N) is 1. The predicted octanol–water partition coefficient (Wildman–Crippen LogP) is 5.24. The molecule has 4 nitrogen and oxygen atoms in total. The highest BCUT2D eigenvalue weighted by Gasteiger charge is 2.11. The summed E-state index contributed by atoms with van der Waals surface area (Å²) in [6.07, 6.45) is 0. The molecule has 3 rings (SSSR count). The summed E-state index contributed by atoms with van der Waals surface area (Å²) in [4.78, 5) is 16.5. The molecule has 1 N–H and O–H groups in total. The Kier molecular flexibility index (Phi) is 4.94. The molecule has 0 saturated carbocycles. The molecule has 3 aromatic rings. The Morgan fingerprint density at radius 2 is 2.04 bits per heavy atom. The van der Waals surface area contributed by atoms with E-state index in [1.165, 1.54) is 16.9 Å². The van der Waals surface area contributed by atoms with Crippen LogP contribution in [0.15, 0.2) is 30.3 Å². The molecule has 1 aromatic heterocycles. The van der Waals surface area contributed by atoms with Gasteiger partial charge in [0.05, 0.1) is 15.2 Å². The Bertz CT molecular complexity index is 924. The Morgan fingerprint density at radius 3 is 2.83 bits per heavy atom. The fraction of sp³-hybridized carbons (Fsp3) is 0.176. The lowest BCUT2D eigenvalue weighted by Gasteiger charge is -2.07. The largest absolute Gasteiger partial charge is 0.482 e. The van der Waals surface area contributed by atoms with Gasteiger partial charge in [0.1, 0.15) is 5.75 Å². The van der Waals surface area contributed by atoms with E-state index in [0.717, 1.165) is 15.8 Å². The zero-order chi connectivity index (χ0) is 17.3. The zero-order valence-electron chi connectivity index (χ0n) is 13.0. The van der Waals surface area contributed by atoms with E-state index < -0.39 is 0 Å². The number of fused-ring (bicyclic) bond motifs is 1. The normalized spacial score (nSPS) is 10.8. The quantitative estimate of drug-likeness (QED) is 0.673. The number of aromatic nitrogens is 1. The molecule has 0 unspecified atom stereocenters. The number of anilines is 1. The summed E-state index contributed by atoms with van der Waals surface area (Å²) < 4.78 is 6.46. The number of carbonyl (C=O) groups is 1. The van der Waals surface area contributed by atoms with E-state index in [1.807, 2.05) is 13.8 Å². The number of halogens is 2. The maximum Gasteiger partial charge on any atom is 0.264 e. The van der Waals surface area contributed by atoms with Gasteiger partial charge in [-0.1, -0.05) is 40.6 Å². The van der Waals surface area contributed by atoms with Crippen LogP contribution >= 0.6 is 34.5 Å². The number of aryl methyl sites for hydroxylation is 2. The zero-order valence-corrected chi connectivity index (χ0v) is 15.4. The van der Waals surface area contributed by atoms with E-state index >= 15 is 0 Å². The first-order valence-electron chi connectivity index (χ1n) is 7.18. The first kappa shape index (κ1) is 17.0. The van der Waals surface area contributed by atoms with Crippen LogP contribution < -0.4 is 10.1 Å². The number of amides is 1. The van der Waals surface area contributed by atoms with Crippen molar-refractivity contribution < 1.29 is 9.53 Å². The number of hydrogen-bond donors (Lipinski definition) is 1. The van der Waals surface area contributed by atoms with Gasteiger partial charge in [0.2, 0.25) is 0 Å². The van der Waals surface area contributed by atoms with Gasteiger partial charge >= 0.3 is 0 Å². The highest BCUT2D eigenvalue weighted by molar-refractivity contribution is 7.22. The Balaban J connectivity index is 1.69. The third kappa shape index (κ3) is 3.80. The Hall–Kier alpha value is -1.82. The second kappa shape index (κ2) is 6.97. The standard InChI is InChI=1S/C17H14Cl2N2O2S/c1-9-5-10(2)16-14(6-9)24-17(21-16)20-15(22)8-23-13-7-11(18)3-4-12(13)19/h3-7H,8H2,1-2H3,(H,20,21,22). The number of nitrogens with zero attached hydrogens (tertiary/aromatic N) is 1. The Labute approximate surface area is 153 Å². The number of rotatable bonds is 4. The minimum atomic E-state index is -0.306. The summed E-state index contributed by atoms with van der Waals surface area (Å²) in [7, 11) is 0. The molecule has 0 spiro atoms. The van der Waals surface area contributed by atoms with Crippen molar-refractivity contribution in [3.63, 3.8) is 0 Å². The fourth-order valence-corrected chi connectivity index (χ4v) is 3.70. The highest BCUT2D eigenvalue weighted by Crippen LogP contribution is 2.30. The molecule has 0 aliphatic rings. The SMILES string of the molecule is Cc1cc(C)c2nc(NC(=O)COc3cc(Cl)ccc3Cl)sc2c1. The van der Waals surface area contributed by atoms with Gasteiger partial charge in [-0.25, -0.2) is 4.98 Å². The predicted molar refractivity (Wildman–Crippen MR) is 99.7 cm³/mol. The lowest BCUT2D eigenvalue weighted by molar-refractivity contribution is -0.118. The van der Waals surface area contributed by atoms with Gasteiger partial charge in [-0.15, -0.1) is 0 Å². The third-order valence-electron chi connectivity index (χ3n) is 3.33. The van der Waals surface area contributed by atoms with Gasteiger partial charge in [0, 0.05) is 11.1 Å². The van der Waals surface area contributed by atoms with Crippen LogP contribution in [0.3, 0.4) is 0 Å². The molecule has 0 bridgehead atoms. The van der Waals surface area contributed by atoms with E-state index in [0.29, 0.717) is 20.9 Å². The average molecular weight is 381 g/mol. The topological polar surface area (TPSA) is 51.2 Å². The van der Waals surface area contributed by atoms with E-state index in [9.17, 15) is 4.79 Å². The fourth-order valence-electron chi connectivity index (χ4n) is 2.31. The van der Waals surface area contributed by atoms with Gasteiger partial charge in [-0.05, 0) is 43.2 Å². The molecular weight excluding hydrogens is 367 g/mol. The summed E-state index contributed by atoms with van der Waals surface area (Å²) in [6, 6.07) is 8.97. The molecular formula is C17H14Cl2N2O2S. The summed E-state index contributed by atoms with van der Waals surface area (Å²) in [5, 5.41) is 4.19. The van der Waals surface area contributed by atoms with Crippen molar-refractivity contribution >= 4 is 55.8 Å². The molecule has 0 saturated heterocycles. The maximum atomic E-state index is 12.1. The van der Waals surface area contributed by atoms with Crippen molar-refractivity contribution in [3.05, 3.63) is 51.5 Å². The van der Waals surface area contributed by atoms with Gasteiger partial charge in [0.25, 0.3) is 5.91 Å². The molecule has 124 valence electrons. The van der Waals surface area contributed by atoms with Crippen molar-refractivity contribution in [1.82, 2.24) is 4.98 Å². The van der Waals surface area contributed by atoms with Gasteiger partial charge in [-0.3, -0.25) is 10.1 Å². The molecule has 1 heterocycles. The van der Waals surface area contributed by atoms with Gasteiger partial charge in [0.15, 0.2) is 11.7 Å². The molecule has 2 aromatic carbocycles. The van der Waals surface area contributed by atoms with Crippen molar-refractivity contribution in [1.29, 1.82) is 0 Å². The number of hydrogen-bond acceptors (Lipinski definition) is 4. The van der Waals surface area contributed by atoms with Gasteiger partial charge < -0.3 is 4.74 Å². The van der Waals surface area contributed by atoms with Crippen molar-refractivity contribution in [2.75, 3.05) is 11.9 Å². The highest BCUT2D eigenvalue weighted by atomic mass is 35.5. The summed E-state index contributed by atoms with van der Waals surface area (Å²) in [6.45, 7) is 3.87. The summed E-state index contributed by atoms with van der Waals surface area (Å²) in [5.74, 6) is 0.0644. The van der Waals surface area contributed by atoms with Gasteiger partial charge in [-0.2, -0.15) is 0 Å². The number of ether oxygens (including phenoxy) is 1. The molecule has 24 heavy (non-hydrogen) atoms. The summed E-state index contributed by atoms with van der Waals surface area (Å²) in [5.41, 5.74) is 3.16. The minimum Gasteiger partial charge on any atom is -0.482 e. The monoisotopic (exact) mass is 380 g/mol. The minimum absolute atomic E-state index is 0.173. The van der Waals surface area contributed by atoms with Crippen LogP contribution in [-0.2, 0) is 4.79 Å². The Morgan fingerprint density at radius 1 is 1.25 bits per heavy atom. The first-order valence-corrected chi connectivity index (χ1v) is 8.75. The molecule has 0 radical (unpaired) electrons. The second-order valence-corrected chi connectivity index (χ2v) is 7.23. The molecule has 1 amide bonds. The van der Waals surface area contributed by atoms with Crippen LogP contribution in [0.2, 0.25) is 10.0 Å². The average Bonchev–Trinajstić information content (AvgIpc) is 2.90. The smallest absolute Gasteiger partial charge is 0.264 e. The van der Waals surface area contributed by atoms with Crippen molar-refractivity contribution in [3.8, 4) is 5.75 Å². The number of thiazole rings is 1. The van der Waals surface area contributed by atoms with E-state index in [1.54, 1.807) is 18.2 Å². The third-order valence-corrected chi connectivity index (χ3v) is 4.79. The van der Waals surface area contributed by atoms with Crippen molar-refractivity contribution in [2.45, 2.75) is 13.8 Å². The first-order chi connectivity index (χ1) is 11.4. The van der Waals surface area contributed by atoms with Crippen LogP contribution in [0, 0.1) is 13.8 Å². The molecule has 0 fully saturated rings. The number of benzene rings is 2. The lowest BCUT2D eigenvalue weighted by Crippen LogP contribution is -2.20. The van der Waals surface area contributed by atoms with Crippen LogP contribution in [0.1, 0.15) is 11.1 Å². The molecule has 0 aliphatic heterocycles. The summed E-state index contributed by atoms with van der Waals surface area (Å²) >= 11 is 13.3. The second-order valence-electron chi connectivity index (χ2n) is 5.36. The molecule has 0 aliphatic carbocycles. The molecule has 0 atom stereocenters. The van der Waals surface area contributed by atoms with Crippen LogP contribution in [0.4, 0.5) is 5.13 Å². The lowest BCUT2D eigenvalue weighted by atomic mass is 10.1. The van der Waals surface area contributed by atoms with Crippen molar-refractivity contribution in [2.24, 2.45) is 0 Å². The van der Waals surface area contributed by atoms with Crippen LogP contribution in [0.25, 0.3) is 10.2 Å². The van der Waals surface area contributed by atoms with Crippen LogP contribution in [0.5, 0.6) is 5.75 Å². The van der Waals surface area contributed by atoms with Crippen LogP contribution in [-0.4, -0.2) is 17.5 Å².